The minimum absolute atomic E-state index is 0.0475. The molecule has 122 valence electrons. The van der Waals surface area contributed by atoms with E-state index < -0.39 is 28.5 Å². The molecule has 22 heavy (non-hydrogen) atoms. The Hall–Kier alpha value is -1.93. The van der Waals surface area contributed by atoms with Crippen molar-refractivity contribution in [2.75, 3.05) is 20.2 Å². The minimum atomic E-state index is -3.64. The molecule has 0 unspecified atom stereocenters. The van der Waals surface area contributed by atoms with Gasteiger partial charge in [-0.1, -0.05) is 19.9 Å². The monoisotopic (exact) mass is 328 g/mol. The molecule has 0 spiro atoms. The Morgan fingerprint density at radius 3 is 2.55 bits per heavy atom. The zero-order chi connectivity index (χ0) is 16.8. The molecule has 2 N–H and O–H groups in total. The molecule has 1 amide bonds. The second kappa shape index (κ2) is 7.90. The standard InChI is InChI=1S/C14H20N2O5S/c1-10(2)8-16-13(17)9-21-14(18)11-5-4-6-12(7-11)22(19,20)15-3/h4-7,10,15H,8-9H2,1-3H3,(H,16,17). The zero-order valence-corrected chi connectivity index (χ0v) is 13.6. The Morgan fingerprint density at radius 1 is 1.27 bits per heavy atom. The fourth-order valence-electron chi connectivity index (χ4n) is 1.49. The van der Waals surface area contributed by atoms with Gasteiger partial charge in [-0.2, -0.15) is 0 Å². The lowest BCUT2D eigenvalue weighted by Gasteiger charge is -2.09. The Balaban J connectivity index is 2.67. The molecule has 0 radical (unpaired) electrons. The Bertz CT molecular complexity index is 640. The van der Waals surface area contributed by atoms with Gasteiger partial charge in [-0.3, -0.25) is 4.79 Å². The van der Waals surface area contributed by atoms with E-state index in [0.29, 0.717) is 12.5 Å². The Morgan fingerprint density at radius 2 is 1.95 bits per heavy atom. The molecule has 0 bridgehead atoms. The van der Waals surface area contributed by atoms with Crippen molar-refractivity contribution in [3.05, 3.63) is 29.8 Å². The molecular formula is C14H20N2O5S. The number of hydrogen-bond donors (Lipinski definition) is 2. The van der Waals surface area contributed by atoms with E-state index in [0.717, 1.165) is 0 Å². The zero-order valence-electron chi connectivity index (χ0n) is 12.8. The maximum Gasteiger partial charge on any atom is 0.338 e. The topological polar surface area (TPSA) is 102 Å². The number of esters is 1. The van der Waals surface area contributed by atoms with Gasteiger partial charge in [0.15, 0.2) is 6.61 Å². The third-order valence-electron chi connectivity index (χ3n) is 2.69. The second-order valence-corrected chi connectivity index (χ2v) is 6.90. The van der Waals surface area contributed by atoms with Gasteiger partial charge in [-0.15, -0.1) is 0 Å². The first-order valence-corrected chi connectivity index (χ1v) is 8.22. The number of rotatable bonds is 7. The first kappa shape index (κ1) is 18.1. The lowest BCUT2D eigenvalue weighted by molar-refractivity contribution is -0.124. The van der Waals surface area contributed by atoms with Crippen molar-refractivity contribution in [2.45, 2.75) is 18.7 Å². The number of carbonyl (C=O) groups excluding carboxylic acids is 2. The van der Waals surface area contributed by atoms with Gasteiger partial charge >= 0.3 is 5.97 Å². The van der Waals surface area contributed by atoms with E-state index in [9.17, 15) is 18.0 Å². The Labute approximate surface area is 130 Å². The van der Waals surface area contributed by atoms with Crippen LogP contribution >= 0.6 is 0 Å². The predicted octanol–water partition coefficient (Wildman–Crippen LogP) is 0.524. The van der Waals surface area contributed by atoms with Crippen molar-refractivity contribution in [2.24, 2.45) is 5.92 Å². The summed E-state index contributed by atoms with van der Waals surface area (Å²) in [6.07, 6.45) is 0. The van der Waals surface area contributed by atoms with Crippen LogP contribution in [0.1, 0.15) is 24.2 Å². The average Bonchev–Trinajstić information content (AvgIpc) is 2.50. The average molecular weight is 328 g/mol. The van der Waals surface area contributed by atoms with Crippen molar-refractivity contribution in [1.82, 2.24) is 10.0 Å². The van der Waals surface area contributed by atoms with Crippen LogP contribution in [-0.4, -0.2) is 40.5 Å². The largest absolute Gasteiger partial charge is 0.452 e. The molecule has 0 saturated carbocycles. The van der Waals surface area contributed by atoms with Crippen LogP contribution in [0, 0.1) is 5.92 Å². The van der Waals surface area contributed by atoms with Gasteiger partial charge in [0.25, 0.3) is 5.91 Å². The molecule has 0 heterocycles. The first-order valence-electron chi connectivity index (χ1n) is 6.73. The normalized spacial score (nSPS) is 11.3. The molecular weight excluding hydrogens is 308 g/mol. The lowest BCUT2D eigenvalue weighted by atomic mass is 10.2. The quantitative estimate of drug-likeness (QED) is 0.711. The van der Waals surface area contributed by atoms with E-state index in [1.165, 1.54) is 31.3 Å². The summed E-state index contributed by atoms with van der Waals surface area (Å²) >= 11 is 0. The number of benzene rings is 1. The van der Waals surface area contributed by atoms with E-state index in [1.807, 2.05) is 13.8 Å². The third-order valence-corrected chi connectivity index (χ3v) is 4.10. The van der Waals surface area contributed by atoms with Gasteiger partial charge < -0.3 is 10.1 Å². The van der Waals surface area contributed by atoms with E-state index >= 15 is 0 Å². The molecule has 1 rings (SSSR count). The molecule has 1 aromatic carbocycles. The number of amides is 1. The van der Waals surface area contributed by atoms with Crippen LogP contribution in [0.4, 0.5) is 0 Å². The molecule has 1 aromatic rings. The molecule has 0 atom stereocenters. The number of sulfonamides is 1. The lowest BCUT2D eigenvalue weighted by Crippen LogP contribution is -2.31. The summed E-state index contributed by atoms with van der Waals surface area (Å²) in [5.74, 6) is -0.864. The van der Waals surface area contributed by atoms with Crippen LogP contribution in [0.5, 0.6) is 0 Å². The van der Waals surface area contributed by atoms with E-state index in [1.54, 1.807) is 0 Å². The van der Waals surface area contributed by atoms with Gasteiger partial charge in [0.2, 0.25) is 10.0 Å². The smallest absolute Gasteiger partial charge is 0.338 e. The van der Waals surface area contributed by atoms with Crippen molar-refractivity contribution in [3.8, 4) is 0 Å². The molecule has 0 aliphatic carbocycles. The first-order chi connectivity index (χ1) is 10.3. The highest BCUT2D eigenvalue weighted by Gasteiger charge is 2.15. The van der Waals surface area contributed by atoms with Crippen LogP contribution in [0.2, 0.25) is 0 Å². The minimum Gasteiger partial charge on any atom is -0.452 e. The van der Waals surface area contributed by atoms with Crippen LogP contribution < -0.4 is 10.0 Å². The maximum absolute atomic E-state index is 11.8. The highest BCUT2D eigenvalue weighted by molar-refractivity contribution is 7.89. The van der Waals surface area contributed by atoms with E-state index in [2.05, 4.69) is 10.0 Å². The van der Waals surface area contributed by atoms with Crippen LogP contribution in [-0.2, 0) is 19.6 Å². The van der Waals surface area contributed by atoms with Crippen LogP contribution in [0.15, 0.2) is 29.2 Å². The van der Waals surface area contributed by atoms with Crippen LogP contribution in [0.3, 0.4) is 0 Å². The molecule has 0 aromatic heterocycles. The van der Waals surface area contributed by atoms with Crippen molar-refractivity contribution >= 4 is 21.9 Å². The molecule has 0 fully saturated rings. The molecule has 0 aliphatic heterocycles. The Kier molecular flexibility index (Phi) is 6.51. The van der Waals surface area contributed by atoms with Gasteiger partial charge in [0, 0.05) is 6.54 Å². The molecule has 0 saturated heterocycles. The summed E-state index contributed by atoms with van der Waals surface area (Å²) in [5.41, 5.74) is 0.0629. The predicted molar refractivity (Wildman–Crippen MR) is 80.8 cm³/mol. The van der Waals surface area contributed by atoms with Crippen molar-refractivity contribution in [1.29, 1.82) is 0 Å². The molecule has 8 heteroatoms. The van der Waals surface area contributed by atoms with Gasteiger partial charge in [0.1, 0.15) is 0 Å². The highest BCUT2D eigenvalue weighted by Crippen LogP contribution is 2.12. The SMILES string of the molecule is CNS(=O)(=O)c1cccc(C(=O)OCC(=O)NCC(C)C)c1. The summed E-state index contributed by atoms with van der Waals surface area (Å²) in [4.78, 5) is 23.3. The van der Waals surface area contributed by atoms with Crippen LogP contribution in [0.25, 0.3) is 0 Å². The molecule has 7 nitrogen and oxygen atoms in total. The maximum atomic E-state index is 11.8. The van der Waals surface area contributed by atoms with Gasteiger partial charge in [0.05, 0.1) is 10.5 Å². The summed E-state index contributed by atoms with van der Waals surface area (Å²) in [5, 5.41) is 2.61. The third kappa shape index (κ3) is 5.45. The fourth-order valence-corrected chi connectivity index (χ4v) is 2.27. The summed E-state index contributed by atoms with van der Waals surface area (Å²) < 4.78 is 30.3. The highest BCUT2D eigenvalue weighted by atomic mass is 32.2. The fraction of sp³-hybridized carbons (Fsp3) is 0.429. The van der Waals surface area contributed by atoms with Gasteiger partial charge in [-0.05, 0) is 31.2 Å². The van der Waals surface area contributed by atoms with Crippen molar-refractivity contribution in [3.63, 3.8) is 0 Å². The summed E-state index contributed by atoms with van der Waals surface area (Å²) in [7, 11) is -2.36. The second-order valence-electron chi connectivity index (χ2n) is 5.01. The van der Waals surface area contributed by atoms with Gasteiger partial charge in [-0.25, -0.2) is 17.9 Å². The summed E-state index contributed by atoms with van der Waals surface area (Å²) in [6.45, 7) is 3.97. The molecule has 0 aliphatic rings. The number of carbonyl (C=O) groups is 2. The number of ether oxygens (including phenoxy) is 1. The van der Waals surface area contributed by atoms with Crippen molar-refractivity contribution < 1.29 is 22.7 Å². The number of hydrogen-bond acceptors (Lipinski definition) is 5. The van der Waals surface area contributed by atoms with E-state index in [-0.39, 0.29) is 10.5 Å². The summed E-state index contributed by atoms with van der Waals surface area (Å²) in [6, 6.07) is 5.40. The van der Waals surface area contributed by atoms with E-state index in [4.69, 9.17) is 4.74 Å². The number of nitrogens with one attached hydrogen (secondary N) is 2.